The molecule has 0 spiro atoms. The zero-order valence-corrected chi connectivity index (χ0v) is 19.1. The molecule has 2 aromatic rings. The lowest BCUT2D eigenvalue weighted by molar-refractivity contribution is -0.141. The van der Waals surface area contributed by atoms with E-state index in [0.717, 1.165) is 25.7 Å². The minimum Gasteiger partial charge on any atom is -0.467 e. The molecule has 3 rings (SSSR count). The van der Waals surface area contributed by atoms with Gasteiger partial charge in [-0.05, 0) is 43.5 Å². The van der Waals surface area contributed by atoms with E-state index >= 15 is 0 Å². The molecule has 32 heavy (non-hydrogen) atoms. The quantitative estimate of drug-likeness (QED) is 0.535. The standard InChI is InChI=1S/C23H31N3O5S/c1-2-9-21(23(28)25-18-10-6-7-11-18)26(17-19-12-8-15-31-19)22(27)16-24-32(29,30)20-13-4-3-5-14-20/h3-5,8,12-15,18,21,24H,2,6-7,9-11,16-17H2,1H3,(H,25,28). The second-order valence-corrected chi connectivity index (χ2v) is 9.80. The Bertz CT molecular complexity index is 970. The number of amides is 2. The number of hydrogen-bond acceptors (Lipinski definition) is 5. The summed E-state index contributed by atoms with van der Waals surface area (Å²) in [4.78, 5) is 27.8. The number of hydrogen-bond donors (Lipinski definition) is 2. The van der Waals surface area contributed by atoms with Crippen LogP contribution in [0.3, 0.4) is 0 Å². The Morgan fingerprint density at radius 3 is 2.47 bits per heavy atom. The molecular weight excluding hydrogens is 430 g/mol. The van der Waals surface area contributed by atoms with Gasteiger partial charge in [0.15, 0.2) is 0 Å². The Hall–Kier alpha value is -2.65. The number of carbonyl (C=O) groups is 2. The molecule has 0 aliphatic heterocycles. The number of furan rings is 1. The third kappa shape index (κ3) is 6.43. The number of sulfonamides is 1. The van der Waals surface area contributed by atoms with Crippen LogP contribution in [0.1, 0.15) is 51.2 Å². The van der Waals surface area contributed by atoms with Gasteiger partial charge in [-0.3, -0.25) is 9.59 Å². The van der Waals surface area contributed by atoms with Crippen molar-refractivity contribution >= 4 is 21.8 Å². The van der Waals surface area contributed by atoms with Crippen molar-refractivity contribution in [1.29, 1.82) is 0 Å². The van der Waals surface area contributed by atoms with Crippen molar-refractivity contribution in [3.8, 4) is 0 Å². The molecule has 1 aliphatic rings. The van der Waals surface area contributed by atoms with Crippen LogP contribution in [0, 0.1) is 0 Å². The molecule has 2 amide bonds. The molecule has 8 nitrogen and oxygen atoms in total. The summed E-state index contributed by atoms with van der Waals surface area (Å²) in [5.41, 5.74) is 0. The molecule has 1 aliphatic carbocycles. The zero-order valence-electron chi connectivity index (χ0n) is 18.3. The molecule has 1 atom stereocenters. The third-order valence-electron chi connectivity index (χ3n) is 5.64. The predicted molar refractivity (Wildman–Crippen MR) is 120 cm³/mol. The smallest absolute Gasteiger partial charge is 0.243 e. The highest BCUT2D eigenvalue weighted by Crippen LogP contribution is 2.20. The Balaban J connectivity index is 1.76. The summed E-state index contributed by atoms with van der Waals surface area (Å²) in [5, 5.41) is 3.07. The van der Waals surface area contributed by atoms with Gasteiger partial charge in [-0.2, -0.15) is 0 Å². The van der Waals surface area contributed by atoms with Gasteiger partial charge in [0, 0.05) is 6.04 Å². The van der Waals surface area contributed by atoms with E-state index in [1.54, 1.807) is 30.3 Å². The molecule has 9 heteroatoms. The summed E-state index contributed by atoms with van der Waals surface area (Å²) in [7, 11) is -3.85. The molecule has 1 aromatic carbocycles. The number of carbonyl (C=O) groups excluding carboxylic acids is 2. The average Bonchev–Trinajstić information content (AvgIpc) is 3.49. The van der Waals surface area contributed by atoms with Crippen molar-refractivity contribution in [1.82, 2.24) is 14.9 Å². The van der Waals surface area contributed by atoms with Crippen LogP contribution in [-0.2, 0) is 26.2 Å². The summed E-state index contributed by atoms with van der Waals surface area (Å²) in [5.74, 6) is -0.162. The van der Waals surface area contributed by atoms with Gasteiger partial charge in [0.1, 0.15) is 11.8 Å². The number of nitrogens with one attached hydrogen (secondary N) is 2. The number of benzene rings is 1. The highest BCUT2D eigenvalue weighted by Gasteiger charge is 2.32. The van der Waals surface area contributed by atoms with Gasteiger partial charge >= 0.3 is 0 Å². The lowest BCUT2D eigenvalue weighted by atomic mass is 10.1. The molecule has 1 heterocycles. The van der Waals surface area contributed by atoms with Crippen LogP contribution in [0.25, 0.3) is 0 Å². The normalized spacial score (nSPS) is 15.4. The highest BCUT2D eigenvalue weighted by molar-refractivity contribution is 7.89. The Labute approximate surface area is 189 Å². The molecule has 2 N–H and O–H groups in total. The summed E-state index contributed by atoms with van der Waals surface area (Å²) >= 11 is 0. The van der Waals surface area contributed by atoms with Crippen molar-refractivity contribution in [3.05, 3.63) is 54.5 Å². The lowest BCUT2D eigenvalue weighted by Gasteiger charge is -2.31. The first-order chi connectivity index (χ1) is 15.4. The SMILES string of the molecule is CCCC(C(=O)NC1CCCC1)N(Cc1ccco1)C(=O)CNS(=O)(=O)c1ccccc1. The molecule has 1 aromatic heterocycles. The number of rotatable bonds is 11. The van der Waals surface area contributed by atoms with Crippen molar-refractivity contribution in [2.45, 2.75) is 69.0 Å². The van der Waals surface area contributed by atoms with Gasteiger partial charge in [-0.15, -0.1) is 0 Å². The summed E-state index contributed by atoms with van der Waals surface area (Å²) < 4.78 is 32.9. The maximum absolute atomic E-state index is 13.2. The molecule has 1 unspecified atom stereocenters. The van der Waals surface area contributed by atoms with Gasteiger partial charge in [-0.25, -0.2) is 13.1 Å². The molecule has 1 fully saturated rings. The van der Waals surface area contributed by atoms with E-state index in [0.29, 0.717) is 18.6 Å². The van der Waals surface area contributed by atoms with Crippen molar-refractivity contribution < 1.29 is 22.4 Å². The lowest BCUT2D eigenvalue weighted by Crippen LogP contribution is -2.53. The first-order valence-corrected chi connectivity index (χ1v) is 12.6. The van der Waals surface area contributed by atoms with Gasteiger partial charge < -0.3 is 14.6 Å². The third-order valence-corrected chi connectivity index (χ3v) is 7.05. The molecule has 0 saturated heterocycles. The Kier molecular flexibility index (Phi) is 8.46. The molecule has 174 valence electrons. The molecule has 0 radical (unpaired) electrons. The average molecular weight is 462 g/mol. The Morgan fingerprint density at radius 1 is 1.12 bits per heavy atom. The van der Waals surface area contributed by atoms with Crippen molar-refractivity contribution in [2.75, 3.05) is 6.54 Å². The van der Waals surface area contributed by atoms with Crippen LogP contribution in [0.4, 0.5) is 0 Å². The minimum atomic E-state index is -3.85. The second kappa shape index (κ2) is 11.3. The maximum Gasteiger partial charge on any atom is 0.243 e. The van der Waals surface area contributed by atoms with Crippen LogP contribution >= 0.6 is 0 Å². The summed E-state index contributed by atoms with van der Waals surface area (Å²) in [6, 6.07) is 10.7. The van der Waals surface area contributed by atoms with E-state index in [2.05, 4.69) is 10.0 Å². The van der Waals surface area contributed by atoms with Crippen LogP contribution < -0.4 is 10.0 Å². The van der Waals surface area contributed by atoms with E-state index in [-0.39, 0.29) is 23.4 Å². The van der Waals surface area contributed by atoms with Crippen molar-refractivity contribution in [2.24, 2.45) is 0 Å². The molecule has 1 saturated carbocycles. The fourth-order valence-corrected chi connectivity index (χ4v) is 4.95. The van der Waals surface area contributed by atoms with Gasteiger partial charge in [0.2, 0.25) is 21.8 Å². The van der Waals surface area contributed by atoms with Gasteiger partial charge in [0.25, 0.3) is 0 Å². The first kappa shape index (κ1) is 24.0. The maximum atomic E-state index is 13.2. The van der Waals surface area contributed by atoms with E-state index in [9.17, 15) is 18.0 Å². The minimum absolute atomic E-state index is 0.0782. The largest absolute Gasteiger partial charge is 0.467 e. The number of nitrogens with zero attached hydrogens (tertiary/aromatic N) is 1. The fraction of sp³-hybridized carbons (Fsp3) is 0.478. The molecular formula is C23H31N3O5S. The van der Waals surface area contributed by atoms with Crippen LogP contribution in [-0.4, -0.2) is 43.8 Å². The van der Waals surface area contributed by atoms with Crippen LogP contribution in [0.2, 0.25) is 0 Å². The van der Waals surface area contributed by atoms with E-state index in [1.165, 1.54) is 23.3 Å². The van der Waals surface area contributed by atoms with Crippen LogP contribution in [0.5, 0.6) is 0 Å². The van der Waals surface area contributed by atoms with Gasteiger partial charge in [-0.1, -0.05) is 44.4 Å². The Morgan fingerprint density at radius 2 is 1.84 bits per heavy atom. The molecule has 0 bridgehead atoms. The predicted octanol–water partition coefficient (Wildman–Crippen LogP) is 2.81. The summed E-state index contributed by atoms with van der Waals surface area (Å²) in [6.45, 7) is 1.58. The van der Waals surface area contributed by atoms with Crippen molar-refractivity contribution in [3.63, 3.8) is 0 Å². The first-order valence-electron chi connectivity index (χ1n) is 11.1. The second-order valence-electron chi connectivity index (χ2n) is 8.03. The van der Waals surface area contributed by atoms with E-state index in [4.69, 9.17) is 4.42 Å². The summed E-state index contributed by atoms with van der Waals surface area (Å²) in [6.07, 6.45) is 6.71. The zero-order chi connectivity index (χ0) is 23.0. The fourth-order valence-electron chi connectivity index (χ4n) is 3.95. The van der Waals surface area contributed by atoms with E-state index in [1.807, 2.05) is 6.92 Å². The topological polar surface area (TPSA) is 109 Å². The highest BCUT2D eigenvalue weighted by atomic mass is 32.2. The van der Waals surface area contributed by atoms with Gasteiger partial charge in [0.05, 0.1) is 24.2 Å². The van der Waals surface area contributed by atoms with E-state index < -0.39 is 28.5 Å². The monoisotopic (exact) mass is 461 g/mol. The van der Waals surface area contributed by atoms with Crippen LogP contribution in [0.15, 0.2) is 58.0 Å².